The van der Waals surface area contributed by atoms with Crippen molar-refractivity contribution < 1.29 is 14.3 Å². The lowest BCUT2D eigenvalue weighted by Crippen LogP contribution is -2.37. The summed E-state index contributed by atoms with van der Waals surface area (Å²) in [7, 11) is 0. The molecule has 6 nitrogen and oxygen atoms in total. The quantitative estimate of drug-likeness (QED) is 0.476. The van der Waals surface area contributed by atoms with Crippen LogP contribution in [0.15, 0.2) is 73.1 Å². The molecular formula is C26H25FN4O2. The largest absolute Gasteiger partial charge is 0.391 e. The molecule has 0 bridgehead atoms. The molecule has 33 heavy (non-hydrogen) atoms. The van der Waals surface area contributed by atoms with Crippen LogP contribution in [-0.2, 0) is 19.4 Å². The predicted molar refractivity (Wildman–Crippen MR) is 125 cm³/mol. The number of fused-ring (bicyclic) bond motifs is 2. The molecular weight excluding hydrogens is 419 g/mol. The first-order chi connectivity index (χ1) is 16.0. The average molecular weight is 445 g/mol. The van der Waals surface area contributed by atoms with E-state index in [2.05, 4.69) is 33.4 Å². The van der Waals surface area contributed by atoms with Crippen molar-refractivity contribution in [3.63, 3.8) is 0 Å². The van der Waals surface area contributed by atoms with Gasteiger partial charge in [0.25, 0.3) is 5.91 Å². The van der Waals surface area contributed by atoms with Crippen molar-refractivity contribution in [2.24, 2.45) is 0 Å². The van der Waals surface area contributed by atoms with E-state index < -0.39 is 11.9 Å². The number of carbonyl (C=O) groups is 1. The molecule has 4 aromatic rings. The van der Waals surface area contributed by atoms with E-state index in [-0.39, 0.29) is 18.0 Å². The maximum absolute atomic E-state index is 14.0. The second-order valence-corrected chi connectivity index (χ2v) is 8.46. The topological polar surface area (TPSA) is 69.9 Å². The molecule has 0 saturated carbocycles. The molecule has 1 aliphatic heterocycles. The summed E-state index contributed by atoms with van der Waals surface area (Å²) in [6.07, 6.45) is 3.96. The summed E-state index contributed by atoms with van der Waals surface area (Å²) in [5.41, 5.74) is 4.59. The molecule has 1 atom stereocenters. The van der Waals surface area contributed by atoms with Crippen LogP contribution < -0.4 is 5.32 Å². The monoisotopic (exact) mass is 444 g/mol. The molecule has 0 radical (unpaired) electrons. The van der Waals surface area contributed by atoms with Gasteiger partial charge in [0.2, 0.25) is 0 Å². The van der Waals surface area contributed by atoms with Crippen molar-refractivity contribution in [2.75, 3.05) is 18.4 Å². The van der Waals surface area contributed by atoms with Gasteiger partial charge in [0.05, 0.1) is 6.10 Å². The number of aromatic nitrogens is 2. The molecule has 0 fully saturated rings. The number of aliphatic hydroxyl groups excluding tert-OH is 1. The number of hydrogen-bond donors (Lipinski definition) is 2. The van der Waals surface area contributed by atoms with Gasteiger partial charge in [0.1, 0.15) is 17.2 Å². The molecule has 1 unspecified atom stereocenters. The Morgan fingerprint density at radius 1 is 1.12 bits per heavy atom. The maximum Gasteiger partial charge on any atom is 0.275 e. The first-order valence-corrected chi connectivity index (χ1v) is 11.1. The summed E-state index contributed by atoms with van der Waals surface area (Å²) >= 11 is 0. The number of anilines is 1. The second-order valence-electron chi connectivity index (χ2n) is 8.46. The lowest BCUT2D eigenvalue weighted by Gasteiger charge is -2.30. The maximum atomic E-state index is 14.0. The highest BCUT2D eigenvalue weighted by molar-refractivity contribution is 6.03. The van der Waals surface area contributed by atoms with Gasteiger partial charge in [-0.2, -0.15) is 0 Å². The van der Waals surface area contributed by atoms with Gasteiger partial charge in [-0.05, 0) is 53.4 Å². The third kappa shape index (κ3) is 4.79. The number of amides is 1. The molecule has 0 aliphatic carbocycles. The van der Waals surface area contributed by atoms with Gasteiger partial charge in [-0.1, -0.05) is 30.3 Å². The third-order valence-corrected chi connectivity index (χ3v) is 6.05. The Labute approximate surface area is 191 Å². The number of β-amino-alcohol motifs (C(OH)–C–C–N with tert-alkyl or cyclic N) is 1. The van der Waals surface area contributed by atoms with Crippen LogP contribution >= 0.6 is 0 Å². The first kappa shape index (κ1) is 21.3. The van der Waals surface area contributed by atoms with Crippen LogP contribution in [0, 0.1) is 5.82 Å². The van der Waals surface area contributed by atoms with Gasteiger partial charge in [-0.25, -0.2) is 9.37 Å². The Bertz CT molecular complexity index is 1270. The van der Waals surface area contributed by atoms with Crippen molar-refractivity contribution in [3.8, 4) is 0 Å². The highest BCUT2D eigenvalue weighted by Crippen LogP contribution is 2.22. The standard InChI is InChI=1S/C26H25FN4O2/c27-21-8-9-23(29-26(33)24-17-31-11-4-3-7-25(31)28-24)20(13-21)14-22(32)16-30-12-10-18-5-1-2-6-19(18)15-30/h1-9,11,13,17,22,32H,10,12,14-16H2,(H,29,33). The van der Waals surface area contributed by atoms with Crippen LogP contribution in [0.25, 0.3) is 5.65 Å². The van der Waals surface area contributed by atoms with E-state index in [4.69, 9.17) is 0 Å². The lowest BCUT2D eigenvalue weighted by molar-refractivity contribution is 0.101. The van der Waals surface area contributed by atoms with Crippen molar-refractivity contribution in [1.29, 1.82) is 0 Å². The second kappa shape index (κ2) is 9.13. The Hall–Kier alpha value is -3.55. The fraction of sp³-hybridized carbons (Fsp3) is 0.231. The fourth-order valence-corrected chi connectivity index (χ4v) is 4.41. The minimum atomic E-state index is -0.692. The molecule has 0 saturated heterocycles. The average Bonchev–Trinajstić information content (AvgIpc) is 3.25. The van der Waals surface area contributed by atoms with Crippen molar-refractivity contribution in [2.45, 2.75) is 25.5 Å². The Morgan fingerprint density at radius 2 is 1.94 bits per heavy atom. The van der Waals surface area contributed by atoms with E-state index in [1.807, 2.05) is 30.5 Å². The number of imidazole rings is 1. The molecule has 0 spiro atoms. The highest BCUT2D eigenvalue weighted by atomic mass is 19.1. The summed E-state index contributed by atoms with van der Waals surface area (Å²) in [6, 6.07) is 18.1. The third-order valence-electron chi connectivity index (χ3n) is 6.05. The van der Waals surface area contributed by atoms with E-state index in [0.717, 1.165) is 19.5 Å². The molecule has 7 heteroatoms. The summed E-state index contributed by atoms with van der Waals surface area (Å²) < 4.78 is 15.8. The normalized spacial score (nSPS) is 14.7. The molecule has 5 rings (SSSR count). The van der Waals surface area contributed by atoms with Gasteiger partial charge >= 0.3 is 0 Å². The Kier molecular flexibility index (Phi) is 5.90. The Morgan fingerprint density at radius 3 is 2.79 bits per heavy atom. The molecule has 2 aromatic carbocycles. The van der Waals surface area contributed by atoms with Crippen molar-refractivity contribution >= 4 is 17.2 Å². The van der Waals surface area contributed by atoms with E-state index in [1.165, 1.54) is 29.3 Å². The van der Waals surface area contributed by atoms with Crippen LogP contribution in [0.3, 0.4) is 0 Å². The van der Waals surface area contributed by atoms with Gasteiger partial charge < -0.3 is 14.8 Å². The fourth-order valence-electron chi connectivity index (χ4n) is 4.41. The molecule has 3 heterocycles. The van der Waals surface area contributed by atoms with Crippen molar-refractivity contribution in [3.05, 3.63) is 101 Å². The van der Waals surface area contributed by atoms with E-state index in [1.54, 1.807) is 10.6 Å². The van der Waals surface area contributed by atoms with Crippen LogP contribution in [0.4, 0.5) is 10.1 Å². The number of hydrogen-bond acceptors (Lipinski definition) is 4. The van der Waals surface area contributed by atoms with Crippen molar-refractivity contribution in [1.82, 2.24) is 14.3 Å². The number of nitrogens with zero attached hydrogens (tertiary/aromatic N) is 3. The van der Waals surface area contributed by atoms with E-state index >= 15 is 0 Å². The lowest BCUT2D eigenvalue weighted by atomic mass is 9.99. The van der Waals surface area contributed by atoms with Crippen LogP contribution in [-0.4, -0.2) is 44.5 Å². The number of pyridine rings is 1. The smallest absolute Gasteiger partial charge is 0.275 e. The number of aliphatic hydroxyl groups is 1. The van der Waals surface area contributed by atoms with Gasteiger partial charge in [0, 0.05) is 44.1 Å². The van der Waals surface area contributed by atoms with Crippen LogP contribution in [0.5, 0.6) is 0 Å². The number of halogens is 1. The van der Waals surface area contributed by atoms with Gasteiger partial charge in [-0.3, -0.25) is 9.69 Å². The number of carbonyl (C=O) groups excluding carboxylic acids is 1. The van der Waals surface area contributed by atoms with Gasteiger partial charge in [-0.15, -0.1) is 0 Å². The molecule has 168 valence electrons. The first-order valence-electron chi connectivity index (χ1n) is 11.1. The summed E-state index contributed by atoms with van der Waals surface area (Å²) in [6.45, 7) is 2.13. The zero-order valence-corrected chi connectivity index (χ0v) is 18.1. The van der Waals surface area contributed by atoms with Crippen LogP contribution in [0.1, 0.15) is 27.2 Å². The number of benzene rings is 2. The van der Waals surface area contributed by atoms with E-state index in [9.17, 15) is 14.3 Å². The number of nitrogens with one attached hydrogen (secondary N) is 1. The van der Waals surface area contributed by atoms with Gasteiger partial charge in [0.15, 0.2) is 0 Å². The zero-order valence-electron chi connectivity index (χ0n) is 18.1. The Balaban J connectivity index is 1.27. The van der Waals surface area contributed by atoms with Crippen LogP contribution in [0.2, 0.25) is 0 Å². The van der Waals surface area contributed by atoms with E-state index in [0.29, 0.717) is 23.4 Å². The minimum absolute atomic E-state index is 0.233. The zero-order chi connectivity index (χ0) is 22.8. The molecule has 2 aromatic heterocycles. The SMILES string of the molecule is O=C(Nc1ccc(F)cc1CC(O)CN1CCc2ccccc2C1)c1cn2ccccc2n1. The predicted octanol–water partition coefficient (Wildman–Crippen LogP) is 3.69. The minimum Gasteiger partial charge on any atom is -0.391 e. The highest BCUT2D eigenvalue weighted by Gasteiger charge is 2.20. The molecule has 1 amide bonds. The molecule has 1 aliphatic rings. The molecule has 2 N–H and O–H groups in total. The summed E-state index contributed by atoms with van der Waals surface area (Å²) in [5, 5.41) is 13.6. The number of rotatable bonds is 6. The summed E-state index contributed by atoms with van der Waals surface area (Å²) in [5.74, 6) is -0.788. The summed E-state index contributed by atoms with van der Waals surface area (Å²) in [4.78, 5) is 19.3.